The second-order valence-corrected chi connectivity index (χ2v) is 6.76. The van der Waals surface area contributed by atoms with Crippen molar-refractivity contribution < 1.29 is 17.5 Å². The van der Waals surface area contributed by atoms with E-state index in [-0.39, 0.29) is 16.2 Å². The van der Waals surface area contributed by atoms with Gasteiger partial charge in [0.25, 0.3) is 9.05 Å². The van der Waals surface area contributed by atoms with Crippen molar-refractivity contribution in [1.82, 2.24) is 0 Å². The number of aryl methyl sites for hydroxylation is 1. The molecule has 7 heteroatoms. The van der Waals surface area contributed by atoms with Gasteiger partial charge in [-0.25, -0.2) is 12.8 Å². The molecule has 2 aromatic rings. The lowest BCUT2D eigenvalue weighted by Gasteiger charge is -2.08. The van der Waals surface area contributed by atoms with E-state index < -0.39 is 14.9 Å². The Morgan fingerprint density at radius 1 is 1.19 bits per heavy atom. The lowest BCUT2D eigenvalue weighted by Crippen LogP contribution is -1.95. The van der Waals surface area contributed by atoms with Gasteiger partial charge in [0.2, 0.25) is 0 Å². The number of nitrogens with zero attached hydrogens (tertiary/aromatic N) is 1. The van der Waals surface area contributed by atoms with Crippen LogP contribution in [-0.4, -0.2) is 8.42 Å². The van der Waals surface area contributed by atoms with E-state index in [1.165, 1.54) is 30.3 Å². The van der Waals surface area contributed by atoms with Crippen LogP contribution in [0.25, 0.3) is 0 Å². The number of hydrogen-bond acceptors (Lipinski definition) is 4. The molecule has 0 aliphatic carbocycles. The Balaban J connectivity index is 2.31. The van der Waals surface area contributed by atoms with Gasteiger partial charge in [0.15, 0.2) is 0 Å². The first kappa shape index (κ1) is 15.3. The molecule has 21 heavy (non-hydrogen) atoms. The largest absolute Gasteiger partial charge is 0.457 e. The van der Waals surface area contributed by atoms with Gasteiger partial charge in [-0.1, -0.05) is 0 Å². The standard InChI is InChI=1S/C14H9ClFNO3S/c1-9-6-11(4-5-14(9)21(15,18)19)20-12-3-2-10(8-17)13(16)7-12/h2-7H,1H3. The van der Waals surface area contributed by atoms with Crippen LogP contribution in [0.5, 0.6) is 11.5 Å². The van der Waals surface area contributed by atoms with Gasteiger partial charge in [-0.3, -0.25) is 0 Å². The molecule has 108 valence electrons. The molecule has 0 saturated carbocycles. The summed E-state index contributed by atoms with van der Waals surface area (Å²) in [5.74, 6) is -0.153. The predicted octanol–water partition coefficient (Wildman–Crippen LogP) is 3.73. The minimum Gasteiger partial charge on any atom is -0.457 e. The monoisotopic (exact) mass is 325 g/mol. The molecule has 0 aliphatic rings. The Kier molecular flexibility index (Phi) is 4.16. The minimum absolute atomic E-state index is 0.0116. The van der Waals surface area contributed by atoms with Crippen molar-refractivity contribution in [2.45, 2.75) is 11.8 Å². The van der Waals surface area contributed by atoms with Crippen molar-refractivity contribution in [1.29, 1.82) is 5.26 Å². The average Bonchev–Trinajstić information content (AvgIpc) is 2.37. The molecule has 0 spiro atoms. The van der Waals surface area contributed by atoms with Gasteiger partial charge in [0.1, 0.15) is 23.4 Å². The molecule has 0 unspecified atom stereocenters. The molecule has 0 saturated heterocycles. The summed E-state index contributed by atoms with van der Waals surface area (Å²) in [5.41, 5.74) is 0.332. The van der Waals surface area contributed by atoms with Gasteiger partial charge in [-0.2, -0.15) is 5.26 Å². The Morgan fingerprint density at radius 2 is 1.81 bits per heavy atom. The van der Waals surface area contributed by atoms with Crippen LogP contribution in [0.15, 0.2) is 41.3 Å². The van der Waals surface area contributed by atoms with Crippen LogP contribution in [0.1, 0.15) is 11.1 Å². The molecule has 0 radical (unpaired) electrons. The molecule has 0 aliphatic heterocycles. The Hall–Kier alpha value is -2.10. The maximum absolute atomic E-state index is 13.5. The highest BCUT2D eigenvalue weighted by Crippen LogP contribution is 2.28. The van der Waals surface area contributed by atoms with Gasteiger partial charge in [-0.15, -0.1) is 0 Å². The number of hydrogen-bond donors (Lipinski definition) is 0. The molecule has 0 fully saturated rings. The lowest BCUT2D eigenvalue weighted by molar-refractivity contribution is 0.475. The highest BCUT2D eigenvalue weighted by atomic mass is 35.7. The summed E-state index contributed by atoms with van der Waals surface area (Å²) in [6.45, 7) is 1.57. The summed E-state index contributed by atoms with van der Waals surface area (Å²) in [6, 6.07) is 9.74. The normalized spacial score (nSPS) is 11.0. The summed E-state index contributed by atoms with van der Waals surface area (Å²) >= 11 is 0. The van der Waals surface area contributed by atoms with Gasteiger partial charge in [0.05, 0.1) is 10.5 Å². The average molecular weight is 326 g/mol. The molecular formula is C14H9ClFNO3S. The molecule has 0 aromatic heterocycles. The van der Waals surface area contributed by atoms with Gasteiger partial charge < -0.3 is 4.74 Å². The van der Waals surface area contributed by atoms with Crippen molar-refractivity contribution >= 4 is 19.7 Å². The summed E-state index contributed by atoms with van der Waals surface area (Å²) in [5, 5.41) is 8.64. The summed E-state index contributed by atoms with van der Waals surface area (Å²) < 4.78 is 41.4. The van der Waals surface area contributed by atoms with E-state index in [0.717, 1.165) is 6.07 Å². The maximum Gasteiger partial charge on any atom is 0.261 e. The second-order valence-electron chi connectivity index (χ2n) is 4.22. The summed E-state index contributed by atoms with van der Waals surface area (Å²) in [4.78, 5) is -0.0116. The zero-order valence-electron chi connectivity index (χ0n) is 10.8. The molecule has 2 rings (SSSR count). The molecule has 4 nitrogen and oxygen atoms in total. The molecule has 0 atom stereocenters. The molecule has 0 N–H and O–H groups in total. The third-order valence-electron chi connectivity index (χ3n) is 2.71. The fourth-order valence-electron chi connectivity index (χ4n) is 1.75. The zero-order chi connectivity index (χ0) is 15.6. The van der Waals surface area contributed by atoms with Crippen LogP contribution in [-0.2, 0) is 9.05 Å². The number of rotatable bonds is 3. The third-order valence-corrected chi connectivity index (χ3v) is 4.19. The van der Waals surface area contributed by atoms with E-state index in [2.05, 4.69) is 0 Å². The summed E-state index contributed by atoms with van der Waals surface area (Å²) in [7, 11) is 1.46. The van der Waals surface area contributed by atoms with Crippen LogP contribution < -0.4 is 4.74 Å². The van der Waals surface area contributed by atoms with E-state index >= 15 is 0 Å². The van der Waals surface area contributed by atoms with Crippen LogP contribution in [0, 0.1) is 24.1 Å². The Labute approximate surface area is 125 Å². The number of halogens is 2. The fourth-order valence-corrected chi connectivity index (χ4v) is 2.94. The van der Waals surface area contributed by atoms with Crippen molar-refractivity contribution in [2.24, 2.45) is 0 Å². The maximum atomic E-state index is 13.5. The first-order valence-electron chi connectivity index (χ1n) is 5.74. The molecule has 0 heterocycles. The molecular weight excluding hydrogens is 317 g/mol. The smallest absolute Gasteiger partial charge is 0.261 e. The van der Waals surface area contributed by atoms with E-state index in [1.807, 2.05) is 0 Å². The third kappa shape index (κ3) is 3.51. The van der Waals surface area contributed by atoms with E-state index in [9.17, 15) is 12.8 Å². The van der Waals surface area contributed by atoms with E-state index in [0.29, 0.717) is 11.3 Å². The molecule has 0 amide bonds. The Morgan fingerprint density at radius 3 is 2.33 bits per heavy atom. The van der Waals surface area contributed by atoms with Crippen molar-refractivity contribution in [3.8, 4) is 17.6 Å². The highest BCUT2D eigenvalue weighted by Gasteiger charge is 2.14. The fraction of sp³-hybridized carbons (Fsp3) is 0.0714. The van der Waals surface area contributed by atoms with Crippen molar-refractivity contribution in [2.75, 3.05) is 0 Å². The number of ether oxygens (including phenoxy) is 1. The quantitative estimate of drug-likeness (QED) is 0.806. The van der Waals surface area contributed by atoms with Gasteiger partial charge in [0, 0.05) is 16.7 Å². The predicted molar refractivity (Wildman–Crippen MR) is 75.4 cm³/mol. The number of benzene rings is 2. The SMILES string of the molecule is Cc1cc(Oc2ccc(C#N)c(F)c2)ccc1S(=O)(=O)Cl. The van der Waals surface area contributed by atoms with Crippen molar-refractivity contribution in [3.63, 3.8) is 0 Å². The first-order valence-corrected chi connectivity index (χ1v) is 8.05. The van der Waals surface area contributed by atoms with Crippen LogP contribution in [0.2, 0.25) is 0 Å². The van der Waals surface area contributed by atoms with Gasteiger partial charge >= 0.3 is 0 Å². The minimum atomic E-state index is -3.82. The van der Waals surface area contributed by atoms with E-state index in [4.69, 9.17) is 20.7 Å². The van der Waals surface area contributed by atoms with Crippen LogP contribution in [0.4, 0.5) is 4.39 Å². The van der Waals surface area contributed by atoms with Gasteiger partial charge in [-0.05, 0) is 42.8 Å². The molecule has 2 aromatic carbocycles. The number of nitriles is 1. The van der Waals surface area contributed by atoms with Crippen molar-refractivity contribution in [3.05, 3.63) is 53.3 Å². The van der Waals surface area contributed by atoms with Crippen LogP contribution >= 0.6 is 10.7 Å². The second kappa shape index (κ2) is 5.72. The highest BCUT2D eigenvalue weighted by molar-refractivity contribution is 8.13. The first-order chi connectivity index (χ1) is 9.81. The topological polar surface area (TPSA) is 67.2 Å². The van der Waals surface area contributed by atoms with Crippen LogP contribution in [0.3, 0.4) is 0 Å². The van der Waals surface area contributed by atoms with E-state index in [1.54, 1.807) is 13.0 Å². The zero-order valence-corrected chi connectivity index (χ0v) is 12.4. The Bertz CT molecular complexity index is 844. The lowest BCUT2D eigenvalue weighted by atomic mass is 10.2. The molecule has 0 bridgehead atoms. The summed E-state index contributed by atoms with van der Waals surface area (Å²) in [6.07, 6.45) is 0.